The lowest BCUT2D eigenvalue weighted by atomic mass is 10.1. The largest absolute Gasteiger partial charge is 0.397 e. The molecule has 0 unspecified atom stereocenters. The van der Waals surface area contributed by atoms with Gasteiger partial charge in [-0.15, -0.1) is 0 Å². The molecule has 0 spiro atoms. The highest BCUT2D eigenvalue weighted by Gasteiger charge is 2.09. The lowest BCUT2D eigenvalue weighted by molar-refractivity contribution is 0.556. The van der Waals surface area contributed by atoms with Gasteiger partial charge in [0.05, 0.1) is 11.4 Å². The van der Waals surface area contributed by atoms with Crippen molar-refractivity contribution in [2.24, 2.45) is 0 Å². The van der Waals surface area contributed by atoms with Crippen LogP contribution in [0, 0.1) is 0 Å². The standard InChI is InChI=1S/C13H21N3/c14-12-7-6-11(10-13(12)15)16-8-4-2-1-3-5-9-16/h6-7,10H,1-5,8-9,14-15H2. The molecule has 0 amide bonds. The molecule has 88 valence electrons. The summed E-state index contributed by atoms with van der Waals surface area (Å²) >= 11 is 0. The van der Waals surface area contributed by atoms with Crippen molar-refractivity contribution >= 4 is 17.1 Å². The lowest BCUT2D eigenvalue weighted by Crippen LogP contribution is -2.27. The second-order valence-electron chi connectivity index (χ2n) is 4.57. The second kappa shape index (κ2) is 5.10. The van der Waals surface area contributed by atoms with Gasteiger partial charge in [-0.25, -0.2) is 0 Å². The molecule has 1 aromatic rings. The van der Waals surface area contributed by atoms with E-state index in [1.807, 2.05) is 12.1 Å². The van der Waals surface area contributed by atoms with Crippen LogP contribution in [0.1, 0.15) is 32.1 Å². The highest BCUT2D eigenvalue weighted by Crippen LogP contribution is 2.24. The van der Waals surface area contributed by atoms with Gasteiger partial charge >= 0.3 is 0 Å². The number of anilines is 3. The zero-order valence-corrected chi connectivity index (χ0v) is 9.78. The maximum Gasteiger partial charge on any atom is 0.0568 e. The van der Waals surface area contributed by atoms with Gasteiger partial charge in [0.2, 0.25) is 0 Å². The predicted molar refractivity (Wildman–Crippen MR) is 70.6 cm³/mol. The molecule has 0 saturated carbocycles. The van der Waals surface area contributed by atoms with E-state index in [2.05, 4.69) is 11.0 Å². The van der Waals surface area contributed by atoms with Crippen LogP contribution in [0.2, 0.25) is 0 Å². The molecule has 4 N–H and O–H groups in total. The molecule has 1 heterocycles. The van der Waals surface area contributed by atoms with E-state index in [1.165, 1.54) is 37.8 Å². The quantitative estimate of drug-likeness (QED) is 0.714. The molecule has 0 radical (unpaired) electrons. The number of nitrogens with zero attached hydrogens (tertiary/aromatic N) is 1. The van der Waals surface area contributed by atoms with Gasteiger partial charge in [0.25, 0.3) is 0 Å². The summed E-state index contributed by atoms with van der Waals surface area (Å²) in [7, 11) is 0. The average molecular weight is 219 g/mol. The van der Waals surface area contributed by atoms with Gasteiger partial charge in [-0.05, 0) is 31.0 Å². The Morgan fingerprint density at radius 1 is 0.812 bits per heavy atom. The van der Waals surface area contributed by atoms with E-state index >= 15 is 0 Å². The molecule has 0 aromatic heterocycles. The summed E-state index contributed by atoms with van der Waals surface area (Å²) in [5.41, 5.74) is 14.2. The van der Waals surface area contributed by atoms with Gasteiger partial charge in [0, 0.05) is 18.8 Å². The summed E-state index contributed by atoms with van der Waals surface area (Å²) in [5, 5.41) is 0. The lowest BCUT2D eigenvalue weighted by Gasteiger charge is -2.27. The van der Waals surface area contributed by atoms with Crippen LogP contribution in [-0.2, 0) is 0 Å². The van der Waals surface area contributed by atoms with Crippen molar-refractivity contribution < 1.29 is 0 Å². The van der Waals surface area contributed by atoms with Crippen LogP contribution >= 0.6 is 0 Å². The van der Waals surface area contributed by atoms with Gasteiger partial charge < -0.3 is 16.4 Å². The van der Waals surface area contributed by atoms with Crippen LogP contribution in [0.15, 0.2) is 18.2 Å². The topological polar surface area (TPSA) is 55.3 Å². The Kier molecular flexibility index (Phi) is 3.54. The highest BCUT2D eigenvalue weighted by molar-refractivity contribution is 5.69. The van der Waals surface area contributed by atoms with Crippen molar-refractivity contribution in [1.29, 1.82) is 0 Å². The number of rotatable bonds is 1. The first-order valence-electron chi connectivity index (χ1n) is 6.17. The first-order chi connectivity index (χ1) is 7.77. The maximum atomic E-state index is 5.85. The number of hydrogen-bond donors (Lipinski definition) is 2. The van der Waals surface area contributed by atoms with Crippen molar-refractivity contribution in [3.63, 3.8) is 0 Å². The van der Waals surface area contributed by atoms with Crippen LogP contribution in [0.4, 0.5) is 17.1 Å². The first kappa shape index (κ1) is 11.1. The zero-order valence-electron chi connectivity index (χ0n) is 9.78. The molecule has 2 rings (SSSR count). The Balaban J connectivity index is 2.11. The Bertz CT molecular complexity index is 341. The normalized spacial score (nSPS) is 17.9. The number of nitrogen functional groups attached to an aromatic ring is 2. The van der Waals surface area contributed by atoms with Gasteiger partial charge in [-0.1, -0.05) is 19.3 Å². The third-order valence-electron chi connectivity index (χ3n) is 3.29. The van der Waals surface area contributed by atoms with E-state index in [0.717, 1.165) is 13.1 Å². The molecule has 16 heavy (non-hydrogen) atoms. The molecule has 0 aliphatic carbocycles. The maximum absolute atomic E-state index is 5.85. The molecule has 3 heteroatoms. The van der Waals surface area contributed by atoms with Gasteiger partial charge in [0.15, 0.2) is 0 Å². The number of hydrogen-bond acceptors (Lipinski definition) is 3. The molecule has 3 nitrogen and oxygen atoms in total. The summed E-state index contributed by atoms with van der Waals surface area (Å²) in [6.07, 6.45) is 6.65. The van der Waals surface area contributed by atoms with Crippen LogP contribution in [0.5, 0.6) is 0 Å². The first-order valence-corrected chi connectivity index (χ1v) is 6.17. The number of benzene rings is 1. The number of nitrogens with two attached hydrogens (primary N) is 2. The summed E-state index contributed by atoms with van der Waals surface area (Å²) in [6.45, 7) is 2.28. The molecule has 0 bridgehead atoms. The molecule has 1 fully saturated rings. The average Bonchev–Trinajstić information content (AvgIpc) is 2.22. The van der Waals surface area contributed by atoms with E-state index in [9.17, 15) is 0 Å². The summed E-state index contributed by atoms with van der Waals surface area (Å²) in [5.74, 6) is 0. The smallest absolute Gasteiger partial charge is 0.0568 e. The third-order valence-corrected chi connectivity index (χ3v) is 3.29. The van der Waals surface area contributed by atoms with E-state index < -0.39 is 0 Å². The molecular weight excluding hydrogens is 198 g/mol. The Hall–Kier alpha value is -1.38. The fourth-order valence-electron chi connectivity index (χ4n) is 2.26. The SMILES string of the molecule is Nc1ccc(N2CCCCCCC2)cc1N. The van der Waals surface area contributed by atoms with E-state index in [4.69, 9.17) is 11.5 Å². The predicted octanol–water partition coefficient (Wildman–Crippen LogP) is 2.62. The van der Waals surface area contributed by atoms with Crippen LogP contribution < -0.4 is 16.4 Å². The van der Waals surface area contributed by atoms with E-state index in [-0.39, 0.29) is 0 Å². The van der Waals surface area contributed by atoms with Gasteiger partial charge in [-0.2, -0.15) is 0 Å². The molecular formula is C13H21N3. The third kappa shape index (κ3) is 2.60. The van der Waals surface area contributed by atoms with E-state index in [0.29, 0.717) is 11.4 Å². The summed E-state index contributed by atoms with van der Waals surface area (Å²) in [6, 6.07) is 5.98. The summed E-state index contributed by atoms with van der Waals surface area (Å²) in [4.78, 5) is 2.43. The van der Waals surface area contributed by atoms with Crippen LogP contribution in [0.25, 0.3) is 0 Å². The van der Waals surface area contributed by atoms with Crippen molar-refractivity contribution in [3.8, 4) is 0 Å². The van der Waals surface area contributed by atoms with Gasteiger partial charge in [-0.3, -0.25) is 0 Å². The van der Waals surface area contributed by atoms with Gasteiger partial charge in [0.1, 0.15) is 0 Å². The minimum absolute atomic E-state index is 0.677. The summed E-state index contributed by atoms with van der Waals surface area (Å²) < 4.78 is 0. The molecule has 1 aliphatic heterocycles. The Labute approximate surface area is 97.4 Å². The zero-order chi connectivity index (χ0) is 11.4. The van der Waals surface area contributed by atoms with Crippen molar-refractivity contribution in [3.05, 3.63) is 18.2 Å². The minimum Gasteiger partial charge on any atom is -0.397 e. The Morgan fingerprint density at radius 2 is 1.44 bits per heavy atom. The van der Waals surface area contributed by atoms with Crippen LogP contribution in [0.3, 0.4) is 0 Å². The molecule has 1 aromatic carbocycles. The van der Waals surface area contributed by atoms with Crippen LogP contribution in [-0.4, -0.2) is 13.1 Å². The van der Waals surface area contributed by atoms with E-state index in [1.54, 1.807) is 0 Å². The molecule has 0 atom stereocenters. The van der Waals surface area contributed by atoms with Crippen molar-refractivity contribution in [1.82, 2.24) is 0 Å². The fourth-order valence-corrected chi connectivity index (χ4v) is 2.26. The highest BCUT2D eigenvalue weighted by atomic mass is 15.1. The Morgan fingerprint density at radius 3 is 2.06 bits per heavy atom. The molecule has 1 saturated heterocycles. The minimum atomic E-state index is 0.677. The monoisotopic (exact) mass is 219 g/mol. The van der Waals surface area contributed by atoms with Crippen molar-refractivity contribution in [2.75, 3.05) is 29.5 Å². The second-order valence-corrected chi connectivity index (χ2v) is 4.57. The fraction of sp³-hybridized carbons (Fsp3) is 0.538. The molecule has 1 aliphatic rings. The van der Waals surface area contributed by atoms with Crippen molar-refractivity contribution in [2.45, 2.75) is 32.1 Å².